The summed E-state index contributed by atoms with van der Waals surface area (Å²) in [5, 5.41) is 0. The quantitative estimate of drug-likeness (QED) is 0.265. The van der Waals surface area contributed by atoms with Crippen molar-refractivity contribution in [1.82, 2.24) is 0 Å². The minimum Gasteiger partial charge on any atom is -0.435 e. The van der Waals surface area contributed by atoms with E-state index in [9.17, 15) is 9.36 Å². The Hall–Kier alpha value is -0.680. The average molecular weight is 280 g/mol. The normalized spacial score (nSPS) is 11.3. The molecule has 0 amide bonds. The van der Waals surface area contributed by atoms with E-state index in [4.69, 9.17) is 13.6 Å². The van der Waals surface area contributed by atoms with Crippen molar-refractivity contribution in [3.63, 3.8) is 0 Å². The fourth-order valence-electron chi connectivity index (χ4n) is 0.786. The number of phosphoric ester groups is 1. The largest absolute Gasteiger partial charge is 0.477 e. The second-order valence-corrected chi connectivity index (χ2v) is 5.24. The average Bonchev–Trinajstić information content (AvgIpc) is 2.34. The molecule has 0 unspecified atom stereocenters. The molecular formula is C11H21O6P. The molecule has 0 aromatic heterocycles. The number of rotatable bonds is 10. The molecule has 0 aromatic rings. The monoisotopic (exact) mass is 280 g/mol. The third-order valence-electron chi connectivity index (χ3n) is 1.66. The van der Waals surface area contributed by atoms with Gasteiger partial charge in [0.15, 0.2) is 0 Å². The fourth-order valence-corrected chi connectivity index (χ4v) is 2.00. The van der Waals surface area contributed by atoms with Gasteiger partial charge < -0.3 is 4.74 Å². The van der Waals surface area contributed by atoms with E-state index in [0.29, 0.717) is 12.8 Å². The van der Waals surface area contributed by atoms with Crippen molar-refractivity contribution in [1.29, 1.82) is 0 Å². The Morgan fingerprint density at radius 3 is 2.00 bits per heavy atom. The van der Waals surface area contributed by atoms with Gasteiger partial charge in [-0.2, -0.15) is 0 Å². The molecule has 0 saturated carbocycles. The second kappa shape index (κ2) is 9.28. The van der Waals surface area contributed by atoms with Crippen LogP contribution < -0.4 is 0 Å². The first-order valence-electron chi connectivity index (χ1n) is 5.81. The van der Waals surface area contributed by atoms with Crippen LogP contribution in [-0.4, -0.2) is 26.0 Å². The van der Waals surface area contributed by atoms with E-state index >= 15 is 0 Å². The molecule has 0 atom stereocenters. The van der Waals surface area contributed by atoms with Gasteiger partial charge in [0.1, 0.15) is 0 Å². The van der Waals surface area contributed by atoms with Gasteiger partial charge in [-0.05, 0) is 19.8 Å². The lowest BCUT2D eigenvalue weighted by Crippen LogP contribution is -2.10. The summed E-state index contributed by atoms with van der Waals surface area (Å²) in [7, 11) is -3.65. The molecule has 0 bridgehead atoms. The molecular weight excluding hydrogens is 259 g/mol. The second-order valence-electron chi connectivity index (χ2n) is 3.57. The minimum atomic E-state index is -3.65. The van der Waals surface area contributed by atoms with Crippen molar-refractivity contribution < 1.29 is 27.7 Å². The van der Waals surface area contributed by atoms with Crippen LogP contribution in [0.1, 0.15) is 33.6 Å². The topological polar surface area (TPSA) is 71.1 Å². The van der Waals surface area contributed by atoms with Gasteiger partial charge >= 0.3 is 13.8 Å². The summed E-state index contributed by atoms with van der Waals surface area (Å²) >= 11 is 0. The molecule has 0 spiro atoms. The third kappa shape index (κ3) is 7.61. The van der Waals surface area contributed by atoms with Gasteiger partial charge in [0.25, 0.3) is 0 Å². The van der Waals surface area contributed by atoms with Gasteiger partial charge in [0, 0.05) is 5.57 Å². The summed E-state index contributed by atoms with van der Waals surface area (Å²) < 4.78 is 31.6. The van der Waals surface area contributed by atoms with Crippen LogP contribution in [0.3, 0.4) is 0 Å². The smallest absolute Gasteiger partial charge is 0.435 e. The van der Waals surface area contributed by atoms with Crippen LogP contribution in [0.5, 0.6) is 0 Å². The van der Waals surface area contributed by atoms with Crippen molar-refractivity contribution in [2.45, 2.75) is 33.6 Å². The Morgan fingerprint density at radius 2 is 1.61 bits per heavy atom. The maximum Gasteiger partial charge on any atom is 0.477 e. The molecule has 0 aromatic carbocycles. The highest BCUT2D eigenvalue weighted by molar-refractivity contribution is 7.48. The zero-order valence-corrected chi connectivity index (χ0v) is 12.0. The first-order valence-corrected chi connectivity index (χ1v) is 7.27. The molecule has 0 saturated heterocycles. The van der Waals surface area contributed by atoms with Crippen LogP contribution in [0.4, 0.5) is 0 Å². The van der Waals surface area contributed by atoms with Crippen LogP contribution in [0.25, 0.3) is 0 Å². The van der Waals surface area contributed by atoms with Crippen LogP contribution in [-0.2, 0) is 27.7 Å². The maximum absolute atomic E-state index is 12.0. The van der Waals surface area contributed by atoms with Gasteiger partial charge in [-0.15, -0.1) is 0 Å². The Balaban J connectivity index is 4.19. The fraction of sp³-hybridized carbons (Fsp3) is 0.727. The number of hydrogen-bond donors (Lipinski definition) is 0. The number of esters is 1. The van der Waals surface area contributed by atoms with Gasteiger partial charge in [-0.1, -0.05) is 20.4 Å². The minimum absolute atomic E-state index is 0.234. The molecule has 0 heterocycles. The molecule has 0 fully saturated rings. The summed E-state index contributed by atoms with van der Waals surface area (Å²) in [5.41, 5.74) is 0.234. The van der Waals surface area contributed by atoms with E-state index in [2.05, 4.69) is 11.3 Å². The molecule has 0 aliphatic heterocycles. The first-order chi connectivity index (χ1) is 8.45. The van der Waals surface area contributed by atoms with Gasteiger partial charge in [0.05, 0.1) is 13.2 Å². The van der Waals surface area contributed by atoms with E-state index < -0.39 is 20.6 Å². The van der Waals surface area contributed by atoms with E-state index in [0.717, 1.165) is 0 Å². The highest BCUT2D eigenvalue weighted by Gasteiger charge is 2.26. The third-order valence-corrected chi connectivity index (χ3v) is 3.08. The van der Waals surface area contributed by atoms with Crippen LogP contribution >= 0.6 is 7.82 Å². The highest BCUT2D eigenvalue weighted by atomic mass is 31.2. The van der Waals surface area contributed by atoms with Crippen LogP contribution in [0.2, 0.25) is 0 Å². The summed E-state index contributed by atoms with van der Waals surface area (Å²) in [4.78, 5) is 11.1. The van der Waals surface area contributed by atoms with E-state index in [1.807, 2.05) is 13.8 Å². The van der Waals surface area contributed by atoms with Crippen molar-refractivity contribution >= 4 is 13.8 Å². The number of phosphoric acid groups is 1. The van der Waals surface area contributed by atoms with Crippen LogP contribution in [0, 0.1) is 0 Å². The van der Waals surface area contributed by atoms with Gasteiger partial charge in [-0.25, -0.2) is 13.9 Å². The molecule has 0 radical (unpaired) electrons. The Morgan fingerprint density at radius 1 is 1.11 bits per heavy atom. The lowest BCUT2D eigenvalue weighted by molar-refractivity contribution is -0.146. The molecule has 0 aliphatic rings. The number of hydrogen-bond acceptors (Lipinski definition) is 6. The standard InChI is InChI=1S/C11H21O6P/c1-5-7-15-18(13,16-8-6-2)17-9-14-11(12)10(3)4/h3,5-9H2,1-2,4H3. The molecule has 0 N–H and O–H groups in total. The van der Waals surface area contributed by atoms with E-state index in [1.165, 1.54) is 6.92 Å². The lowest BCUT2D eigenvalue weighted by Gasteiger charge is -2.17. The zero-order valence-electron chi connectivity index (χ0n) is 11.1. The predicted molar refractivity (Wildman–Crippen MR) is 67.0 cm³/mol. The lowest BCUT2D eigenvalue weighted by atomic mass is 10.4. The highest BCUT2D eigenvalue weighted by Crippen LogP contribution is 2.49. The molecule has 0 aliphatic carbocycles. The number of carbonyl (C=O) groups is 1. The van der Waals surface area contributed by atoms with Crippen LogP contribution in [0.15, 0.2) is 12.2 Å². The summed E-state index contributed by atoms with van der Waals surface area (Å²) in [6, 6.07) is 0. The SMILES string of the molecule is C=C(C)C(=O)OCOP(=O)(OCCC)OCCC. The van der Waals surface area contributed by atoms with E-state index in [-0.39, 0.29) is 18.8 Å². The number of ether oxygens (including phenoxy) is 1. The van der Waals surface area contributed by atoms with Crippen molar-refractivity contribution in [2.24, 2.45) is 0 Å². The van der Waals surface area contributed by atoms with Crippen molar-refractivity contribution in [2.75, 3.05) is 20.0 Å². The Labute approximate surface area is 108 Å². The van der Waals surface area contributed by atoms with E-state index in [1.54, 1.807) is 0 Å². The summed E-state index contributed by atoms with van der Waals surface area (Å²) in [6.07, 6.45) is 1.35. The number of carbonyl (C=O) groups excluding carboxylic acids is 1. The maximum atomic E-state index is 12.0. The molecule has 6 nitrogen and oxygen atoms in total. The Bertz CT molecular complexity index is 303. The summed E-state index contributed by atoms with van der Waals surface area (Å²) in [6.45, 7) is 8.64. The van der Waals surface area contributed by atoms with Crippen molar-refractivity contribution in [3.05, 3.63) is 12.2 Å². The Kier molecular flexibility index (Phi) is 8.93. The van der Waals surface area contributed by atoms with Gasteiger partial charge in [-0.3, -0.25) is 9.05 Å². The first kappa shape index (κ1) is 17.3. The molecule has 7 heteroatoms. The van der Waals surface area contributed by atoms with Crippen molar-refractivity contribution in [3.8, 4) is 0 Å². The zero-order chi connectivity index (χ0) is 14.0. The predicted octanol–water partition coefficient (Wildman–Crippen LogP) is 3.04. The molecule has 0 rings (SSSR count). The van der Waals surface area contributed by atoms with Gasteiger partial charge in [0.2, 0.25) is 6.79 Å². The summed E-state index contributed by atoms with van der Waals surface area (Å²) in [5.74, 6) is -0.618. The molecule has 18 heavy (non-hydrogen) atoms. The molecule has 106 valence electrons.